The number of benzene rings is 1. The number of rotatable bonds is 5. The van der Waals surface area contributed by atoms with Crippen molar-refractivity contribution in [2.24, 2.45) is 5.92 Å². The fourth-order valence-electron chi connectivity index (χ4n) is 3.01. The van der Waals surface area contributed by atoms with Crippen molar-refractivity contribution in [1.29, 1.82) is 0 Å². The van der Waals surface area contributed by atoms with Crippen LogP contribution < -0.4 is 5.32 Å². The Morgan fingerprint density at radius 1 is 1.35 bits per heavy atom. The van der Waals surface area contributed by atoms with Gasteiger partial charge in [0.05, 0.1) is 0 Å². The number of halogens is 2. The molecule has 1 aliphatic rings. The maximum atomic E-state index is 13.3. The lowest BCUT2D eigenvalue weighted by molar-refractivity contribution is 0.176. The zero-order valence-electron chi connectivity index (χ0n) is 12.3. The van der Waals surface area contributed by atoms with Gasteiger partial charge in [0.15, 0.2) is 0 Å². The second-order valence-electron chi connectivity index (χ2n) is 5.77. The van der Waals surface area contributed by atoms with E-state index in [2.05, 4.69) is 24.1 Å². The maximum Gasteiger partial charge on any atom is 0.126 e. The highest BCUT2D eigenvalue weighted by atomic mass is 35.5. The van der Waals surface area contributed by atoms with E-state index in [-0.39, 0.29) is 5.82 Å². The van der Waals surface area contributed by atoms with Gasteiger partial charge in [0, 0.05) is 16.8 Å². The molecule has 0 amide bonds. The van der Waals surface area contributed by atoms with Crippen molar-refractivity contribution >= 4 is 17.3 Å². The first-order chi connectivity index (χ1) is 9.58. The van der Waals surface area contributed by atoms with Gasteiger partial charge >= 0.3 is 0 Å². The average molecular weight is 299 g/mol. The van der Waals surface area contributed by atoms with Crippen molar-refractivity contribution in [2.45, 2.75) is 39.2 Å². The summed E-state index contributed by atoms with van der Waals surface area (Å²) in [6.45, 7) is 7.96. The molecule has 1 saturated heterocycles. The normalized spacial score (nSPS) is 19.0. The Morgan fingerprint density at radius 3 is 2.65 bits per heavy atom. The van der Waals surface area contributed by atoms with Gasteiger partial charge < -0.3 is 10.2 Å². The number of likely N-dealkylation sites (tertiary alicyclic amines) is 1. The van der Waals surface area contributed by atoms with Gasteiger partial charge in [0.1, 0.15) is 5.82 Å². The number of nitrogens with one attached hydrogen (secondary N) is 1. The molecule has 1 unspecified atom stereocenters. The molecule has 1 heterocycles. The summed E-state index contributed by atoms with van der Waals surface area (Å²) in [5.41, 5.74) is 0.776. The van der Waals surface area contributed by atoms with E-state index in [1.165, 1.54) is 51.0 Å². The summed E-state index contributed by atoms with van der Waals surface area (Å²) in [5.74, 6) is 0.357. The van der Waals surface area contributed by atoms with Gasteiger partial charge in [0.25, 0.3) is 0 Å². The van der Waals surface area contributed by atoms with E-state index in [0.717, 1.165) is 5.69 Å². The minimum absolute atomic E-state index is 0.287. The van der Waals surface area contributed by atoms with E-state index >= 15 is 0 Å². The largest absolute Gasteiger partial charge is 0.382 e. The molecule has 1 aromatic rings. The van der Waals surface area contributed by atoms with Crippen LogP contribution in [0.15, 0.2) is 18.2 Å². The van der Waals surface area contributed by atoms with E-state index < -0.39 is 0 Å². The number of nitrogens with zero attached hydrogens (tertiary/aromatic N) is 1. The standard InChI is InChI=1S/C16H24ClFN2/c1-3-6-20-7-4-13(5-8-20)12(2)19-16-10-14(17)9-15(18)11-16/h9-13,19H,3-8H2,1-2H3. The molecule has 0 saturated carbocycles. The zero-order chi connectivity index (χ0) is 14.5. The molecule has 20 heavy (non-hydrogen) atoms. The third-order valence-corrected chi connectivity index (χ3v) is 4.35. The Labute approximate surface area is 126 Å². The molecule has 1 N–H and O–H groups in total. The molecule has 1 atom stereocenters. The van der Waals surface area contributed by atoms with Crippen LogP contribution in [0.1, 0.15) is 33.1 Å². The molecule has 1 aromatic carbocycles. The van der Waals surface area contributed by atoms with Crippen molar-refractivity contribution in [3.8, 4) is 0 Å². The third-order valence-electron chi connectivity index (χ3n) is 4.14. The summed E-state index contributed by atoms with van der Waals surface area (Å²) >= 11 is 5.89. The predicted octanol–water partition coefficient (Wildman–Crippen LogP) is 4.40. The number of hydrogen-bond acceptors (Lipinski definition) is 2. The quantitative estimate of drug-likeness (QED) is 0.866. The molecular weight excluding hydrogens is 275 g/mol. The molecular formula is C16H24ClFN2. The van der Waals surface area contributed by atoms with Gasteiger partial charge in [-0.2, -0.15) is 0 Å². The Bertz CT molecular complexity index is 410. The highest BCUT2D eigenvalue weighted by molar-refractivity contribution is 6.30. The molecule has 112 valence electrons. The van der Waals surface area contributed by atoms with E-state index in [0.29, 0.717) is 17.0 Å². The Morgan fingerprint density at radius 2 is 2.05 bits per heavy atom. The molecule has 0 bridgehead atoms. The zero-order valence-corrected chi connectivity index (χ0v) is 13.1. The Hall–Kier alpha value is -0.800. The molecule has 1 fully saturated rings. The van der Waals surface area contributed by atoms with E-state index in [1.807, 2.05) is 0 Å². The molecule has 0 aromatic heterocycles. The van der Waals surface area contributed by atoms with Crippen molar-refractivity contribution in [2.75, 3.05) is 25.0 Å². The van der Waals surface area contributed by atoms with Gasteiger partial charge in [-0.15, -0.1) is 0 Å². The van der Waals surface area contributed by atoms with Gasteiger partial charge in [-0.25, -0.2) is 4.39 Å². The van der Waals surface area contributed by atoms with Gasteiger partial charge in [-0.05, 0) is 69.9 Å². The predicted molar refractivity (Wildman–Crippen MR) is 83.9 cm³/mol. The summed E-state index contributed by atoms with van der Waals surface area (Å²) in [5, 5.41) is 3.84. The van der Waals surface area contributed by atoms with Gasteiger partial charge in [-0.1, -0.05) is 18.5 Å². The van der Waals surface area contributed by atoms with Crippen LogP contribution >= 0.6 is 11.6 Å². The van der Waals surface area contributed by atoms with Crippen LogP contribution in [-0.4, -0.2) is 30.6 Å². The van der Waals surface area contributed by atoms with E-state index in [9.17, 15) is 4.39 Å². The van der Waals surface area contributed by atoms with Crippen LogP contribution in [0.3, 0.4) is 0 Å². The summed E-state index contributed by atoms with van der Waals surface area (Å²) in [6, 6.07) is 4.97. The van der Waals surface area contributed by atoms with Crippen molar-refractivity contribution in [3.05, 3.63) is 29.0 Å². The second-order valence-corrected chi connectivity index (χ2v) is 6.21. The van der Waals surface area contributed by atoms with Crippen LogP contribution in [0, 0.1) is 11.7 Å². The summed E-state index contributed by atoms with van der Waals surface area (Å²) in [6.07, 6.45) is 3.63. The first kappa shape index (κ1) is 15.6. The topological polar surface area (TPSA) is 15.3 Å². The Balaban J connectivity index is 1.87. The fraction of sp³-hybridized carbons (Fsp3) is 0.625. The average Bonchev–Trinajstić information content (AvgIpc) is 2.38. The van der Waals surface area contributed by atoms with Crippen LogP contribution in [0.5, 0.6) is 0 Å². The maximum absolute atomic E-state index is 13.3. The summed E-state index contributed by atoms with van der Waals surface area (Å²) in [7, 11) is 0. The lowest BCUT2D eigenvalue weighted by Crippen LogP contribution is -2.39. The SMILES string of the molecule is CCCN1CCC(C(C)Nc2cc(F)cc(Cl)c2)CC1. The van der Waals surface area contributed by atoms with Crippen molar-refractivity contribution < 1.29 is 4.39 Å². The van der Waals surface area contributed by atoms with Crippen LogP contribution in [0.4, 0.5) is 10.1 Å². The van der Waals surface area contributed by atoms with Gasteiger partial charge in [-0.3, -0.25) is 0 Å². The molecule has 0 aliphatic carbocycles. The lowest BCUT2D eigenvalue weighted by atomic mass is 9.90. The number of hydrogen-bond donors (Lipinski definition) is 1. The minimum Gasteiger partial charge on any atom is -0.382 e. The molecule has 4 heteroatoms. The molecule has 1 aliphatic heterocycles. The van der Waals surface area contributed by atoms with Crippen LogP contribution in [0.2, 0.25) is 5.02 Å². The lowest BCUT2D eigenvalue weighted by Gasteiger charge is -2.35. The minimum atomic E-state index is -0.287. The van der Waals surface area contributed by atoms with Gasteiger partial charge in [0.2, 0.25) is 0 Å². The molecule has 2 nitrogen and oxygen atoms in total. The van der Waals surface area contributed by atoms with Crippen molar-refractivity contribution in [1.82, 2.24) is 4.90 Å². The van der Waals surface area contributed by atoms with Crippen molar-refractivity contribution in [3.63, 3.8) is 0 Å². The summed E-state index contributed by atoms with van der Waals surface area (Å²) in [4.78, 5) is 2.53. The molecule has 0 spiro atoms. The second kappa shape index (κ2) is 7.28. The Kier molecular flexibility index (Phi) is 5.67. The smallest absolute Gasteiger partial charge is 0.126 e. The van der Waals surface area contributed by atoms with E-state index in [1.54, 1.807) is 6.07 Å². The highest BCUT2D eigenvalue weighted by Gasteiger charge is 2.23. The first-order valence-electron chi connectivity index (χ1n) is 7.53. The van der Waals surface area contributed by atoms with Crippen LogP contribution in [0.25, 0.3) is 0 Å². The monoisotopic (exact) mass is 298 g/mol. The molecule has 0 radical (unpaired) electrons. The third kappa shape index (κ3) is 4.35. The number of anilines is 1. The number of piperidine rings is 1. The van der Waals surface area contributed by atoms with E-state index in [4.69, 9.17) is 11.6 Å². The first-order valence-corrected chi connectivity index (χ1v) is 7.91. The highest BCUT2D eigenvalue weighted by Crippen LogP contribution is 2.25. The fourth-order valence-corrected chi connectivity index (χ4v) is 3.23. The summed E-state index contributed by atoms with van der Waals surface area (Å²) < 4.78 is 13.3. The van der Waals surface area contributed by atoms with Crippen LogP contribution in [-0.2, 0) is 0 Å². The molecule has 2 rings (SSSR count).